The Labute approximate surface area is 170 Å². The minimum absolute atomic E-state index is 0.0399. The molecule has 1 amide bonds. The second-order valence-electron chi connectivity index (χ2n) is 6.54. The van der Waals surface area contributed by atoms with Crippen LogP contribution < -0.4 is 0 Å². The Balaban J connectivity index is 1.83. The number of rotatable bonds is 7. The van der Waals surface area contributed by atoms with E-state index in [9.17, 15) is 13.2 Å². The second kappa shape index (κ2) is 8.43. The van der Waals surface area contributed by atoms with Crippen LogP contribution in [-0.4, -0.2) is 43.7 Å². The van der Waals surface area contributed by atoms with Crippen molar-refractivity contribution in [3.63, 3.8) is 0 Å². The van der Waals surface area contributed by atoms with Gasteiger partial charge in [-0.2, -0.15) is 4.31 Å². The van der Waals surface area contributed by atoms with Gasteiger partial charge in [0, 0.05) is 36.9 Å². The average molecular weight is 417 g/mol. The highest BCUT2D eigenvalue weighted by Crippen LogP contribution is 2.30. The van der Waals surface area contributed by atoms with Crippen LogP contribution in [0.5, 0.6) is 0 Å². The average Bonchev–Trinajstić information content (AvgIpc) is 3.14. The molecule has 0 aliphatic heterocycles. The van der Waals surface area contributed by atoms with E-state index in [1.54, 1.807) is 36.2 Å². The maximum Gasteiger partial charge on any atom is 0.253 e. The molecule has 0 radical (unpaired) electrons. The van der Waals surface area contributed by atoms with E-state index in [0.717, 1.165) is 15.6 Å². The first-order valence-corrected chi connectivity index (χ1v) is 11.5. The van der Waals surface area contributed by atoms with Crippen LogP contribution in [0.3, 0.4) is 0 Å². The summed E-state index contributed by atoms with van der Waals surface area (Å²) in [5.74, 6) is -0.0399. The molecule has 0 fully saturated rings. The first-order chi connectivity index (χ1) is 13.4. The van der Waals surface area contributed by atoms with E-state index in [2.05, 4.69) is 0 Å². The van der Waals surface area contributed by atoms with Gasteiger partial charge in [0.1, 0.15) is 4.21 Å². The van der Waals surface area contributed by atoms with Crippen LogP contribution in [0.25, 0.3) is 10.1 Å². The molecule has 1 heterocycles. The lowest BCUT2D eigenvalue weighted by Crippen LogP contribution is -2.30. The SMILES string of the molecule is CCN(CC)C(=O)c1cccc(CN(C)S(=O)(=O)c2cc3ccccc3s2)c1. The molecule has 148 valence electrons. The molecule has 3 aromatic rings. The summed E-state index contributed by atoms with van der Waals surface area (Å²) in [6, 6.07) is 16.5. The molecular formula is C21H24N2O3S2. The molecule has 3 rings (SSSR count). The van der Waals surface area contributed by atoms with E-state index < -0.39 is 10.0 Å². The molecule has 0 spiro atoms. The smallest absolute Gasteiger partial charge is 0.253 e. The molecule has 1 aromatic heterocycles. The molecule has 0 saturated heterocycles. The van der Waals surface area contributed by atoms with Crippen molar-refractivity contribution in [2.45, 2.75) is 24.6 Å². The van der Waals surface area contributed by atoms with Gasteiger partial charge in [-0.1, -0.05) is 30.3 Å². The summed E-state index contributed by atoms with van der Waals surface area (Å²) in [6.45, 7) is 5.36. The van der Waals surface area contributed by atoms with E-state index in [-0.39, 0.29) is 12.5 Å². The maximum atomic E-state index is 13.0. The minimum Gasteiger partial charge on any atom is -0.339 e. The maximum absolute atomic E-state index is 13.0. The molecule has 28 heavy (non-hydrogen) atoms. The summed E-state index contributed by atoms with van der Waals surface area (Å²) in [5, 5.41) is 0.922. The zero-order chi connectivity index (χ0) is 20.3. The van der Waals surface area contributed by atoms with E-state index in [0.29, 0.717) is 22.9 Å². The van der Waals surface area contributed by atoms with Crippen molar-refractivity contribution in [3.8, 4) is 0 Å². The molecule has 0 saturated carbocycles. The number of hydrogen-bond acceptors (Lipinski definition) is 4. The highest BCUT2D eigenvalue weighted by molar-refractivity contribution is 7.91. The Morgan fingerprint density at radius 2 is 1.71 bits per heavy atom. The Hall–Kier alpha value is -2.22. The fourth-order valence-corrected chi connectivity index (χ4v) is 5.84. The van der Waals surface area contributed by atoms with Crippen molar-refractivity contribution < 1.29 is 13.2 Å². The minimum atomic E-state index is -3.60. The molecule has 0 aliphatic rings. The summed E-state index contributed by atoms with van der Waals surface area (Å²) in [5.41, 5.74) is 1.36. The molecule has 5 nitrogen and oxygen atoms in total. The summed E-state index contributed by atoms with van der Waals surface area (Å²) >= 11 is 1.27. The van der Waals surface area contributed by atoms with Gasteiger partial charge in [-0.15, -0.1) is 11.3 Å². The highest BCUT2D eigenvalue weighted by atomic mass is 32.2. The van der Waals surface area contributed by atoms with Crippen molar-refractivity contribution in [2.24, 2.45) is 0 Å². The third-order valence-corrected chi connectivity index (χ3v) is 8.07. The summed E-state index contributed by atoms with van der Waals surface area (Å²) in [4.78, 5) is 14.3. The number of amides is 1. The standard InChI is InChI=1S/C21H24N2O3S2/c1-4-23(5-2)21(24)18-11-8-9-16(13-18)15-22(3)28(25,26)20-14-17-10-6-7-12-19(17)27-20/h6-14H,4-5,15H2,1-3H3. The monoisotopic (exact) mass is 416 g/mol. The number of carbonyl (C=O) groups excluding carboxylic acids is 1. The lowest BCUT2D eigenvalue weighted by atomic mass is 10.1. The quantitative estimate of drug-likeness (QED) is 0.580. The molecule has 2 aromatic carbocycles. The van der Waals surface area contributed by atoms with Crippen molar-refractivity contribution in [1.29, 1.82) is 0 Å². The largest absolute Gasteiger partial charge is 0.339 e. The zero-order valence-corrected chi connectivity index (χ0v) is 17.9. The molecule has 7 heteroatoms. The van der Waals surface area contributed by atoms with Crippen molar-refractivity contribution in [1.82, 2.24) is 9.21 Å². The Morgan fingerprint density at radius 1 is 1.00 bits per heavy atom. The molecule has 0 N–H and O–H groups in total. The summed E-state index contributed by atoms with van der Waals surface area (Å²) in [6.07, 6.45) is 0. The van der Waals surface area contributed by atoms with Gasteiger partial charge in [-0.3, -0.25) is 4.79 Å². The number of carbonyl (C=O) groups is 1. The van der Waals surface area contributed by atoms with Crippen molar-refractivity contribution >= 4 is 37.4 Å². The first-order valence-electron chi connectivity index (χ1n) is 9.20. The van der Waals surface area contributed by atoms with Crippen LogP contribution in [0.4, 0.5) is 0 Å². The second-order valence-corrected chi connectivity index (χ2v) is 9.90. The Morgan fingerprint density at radius 3 is 2.39 bits per heavy atom. The fourth-order valence-electron chi connectivity index (χ4n) is 3.08. The number of fused-ring (bicyclic) bond motifs is 1. The van der Waals surface area contributed by atoms with Gasteiger partial charge in [0.2, 0.25) is 0 Å². The molecule has 0 unspecified atom stereocenters. The Bertz CT molecular complexity index is 1050. The fraction of sp³-hybridized carbons (Fsp3) is 0.286. The van der Waals surface area contributed by atoms with E-state index in [1.165, 1.54) is 15.6 Å². The van der Waals surface area contributed by atoms with Gasteiger partial charge < -0.3 is 4.90 Å². The number of sulfonamides is 1. The topological polar surface area (TPSA) is 57.7 Å². The lowest BCUT2D eigenvalue weighted by molar-refractivity contribution is 0.0773. The van der Waals surface area contributed by atoms with Gasteiger partial charge >= 0.3 is 0 Å². The van der Waals surface area contributed by atoms with Crippen LogP contribution in [0, 0.1) is 0 Å². The lowest BCUT2D eigenvalue weighted by Gasteiger charge is -2.20. The van der Waals surface area contributed by atoms with Gasteiger partial charge in [0.15, 0.2) is 0 Å². The highest BCUT2D eigenvalue weighted by Gasteiger charge is 2.24. The third kappa shape index (κ3) is 4.11. The van der Waals surface area contributed by atoms with Crippen LogP contribution in [-0.2, 0) is 16.6 Å². The van der Waals surface area contributed by atoms with Crippen molar-refractivity contribution in [3.05, 3.63) is 65.7 Å². The zero-order valence-electron chi connectivity index (χ0n) is 16.3. The normalized spacial score (nSPS) is 11.9. The molecular weight excluding hydrogens is 392 g/mol. The molecule has 0 aliphatic carbocycles. The van der Waals surface area contributed by atoms with E-state index in [1.807, 2.05) is 44.2 Å². The number of thiophene rings is 1. The van der Waals surface area contributed by atoms with E-state index >= 15 is 0 Å². The van der Waals surface area contributed by atoms with Crippen LogP contribution in [0.1, 0.15) is 29.8 Å². The molecule has 0 atom stereocenters. The van der Waals surface area contributed by atoms with Crippen LogP contribution in [0.2, 0.25) is 0 Å². The Kier molecular flexibility index (Phi) is 6.17. The third-order valence-electron chi connectivity index (χ3n) is 4.70. The summed E-state index contributed by atoms with van der Waals surface area (Å²) < 4.78 is 28.6. The predicted molar refractivity (Wildman–Crippen MR) is 114 cm³/mol. The first kappa shape index (κ1) is 20.5. The van der Waals surface area contributed by atoms with Crippen LogP contribution in [0.15, 0.2) is 58.8 Å². The van der Waals surface area contributed by atoms with Crippen LogP contribution >= 0.6 is 11.3 Å². The van der Waals surface area contributed by atoms with Gasteiger partial charge in [0.05, 0.1) is 0 Å². The van der Waals surface area contributed by atoms with Gasteiger partial charge in [0.25, 0.3) is 15.9 Å². The number of nitrogens with zero attached hydrogens (tertiary/aromatic N) is 2. The number of hydrogen-bond donors (Lipinski definition) is 0. The molecule has 0 bridgehead atoms. The van der Waals surface area contributed by atoms with Gasteiger partial charge in [-0.25, -0.2) is 8.42 Å². The van der Waals surface area contributed by atoms with E-state index in [4.69, 9.17) is 0 Å². The van der Waals surface area contributed by atoms with Crippen molar-refractivity contribution in [2.75, 3.05) is 20.1 Å². The number of benzene rings is 2. The van der Waals surface area contributed by atoms with Gasteiger partial charge in [-0.05, 0) is 49.1 Å². The summed E-state index contributed by atoms with van der Waals surface area (Å²) in [7, 11) is -2.03. The predicted octanol–water partition coefficient (Wildman–Crippen LogP) is 4.20.